The number of benzene rings is 2. The van der Waals surface area contributed by atoms with Crippen molar-refractivity contribution >= 4 is 28.9 Å². The first-order chi connectivity index (χ1) is 14.6. The van der Waals surface area contributed by atoms with Crippen LogP contribution in [0.4, 0.5) is 30.2 Å². The molecule has 1 heterocycles. The second kappa shape index (κ2) is 8.86. The Morgan fingerprint density at radius 1 is 0.968 bits per heavy atom. The lowest BCUT2D eigenvalue weighted by Crippen LogP contribution is -2.12. The SMILES string of the molecule is CC(=O)Nc1ccc(OC(=O)c2cc(C)ccc2Nc2ccnc(C(F)(F)F)c2)cc1. The van der Waals surface area contributed by atoms with Crippen LogP contribution in [-0.2, 0) is 11.0 Å². The zero-order chi connectivity index (χ0) is 22.6. The van der Waals surface area contributed by atoms with Gasteiger partial charge in [0, 0.05) is 24.5 Å². The summed E-state index contributed by atoms with van der Waals surface area (Å²) in [5.41, 5.74) is 0.821. The van der Waals surface area contributed by atoms with Gasteiger partial charge in [-0.3, -0.25) is 9.78 Å². The Hall–Kier alpha value is -3.88. The molecule has 0 saturated heterocycles. The van der Waals surface area contributed by atoms with Gasteiger partial charge in [0.2, 0.25) is 5.91 Å². The van der Waals surface area contributed by atoms with E-state index in [0.717, 1.165) is 17.8 Å². The zero-order valence-electron chi connectivity index (χ0n) is 16.6. The molecule has 2 N–H and O–H groups in total. The molecule has 0 atom stereocenters. The predicted molar refractivity (Wildman–Crippen MR) is 109 cm³/mol. The molecule has 2 aromatic carbocycles. The molecule has 0 radical (unpaired) electrons. The largest absolute Gasteiger partial charge is 0.433 e. The molecule has 0 aliphatic carbocycles. The molecular formula is C22H18F3N3O3. The molecule has 0 bridgehead atoms. The maximum absolute atomic E-state index is 12.9. The van der Waals surface area contributed by atoms with E-state index in [1.54, 1.807) is 37.3 Å². The van der Waals surface area contributed by atoms with Crippen LogP contribution in [0.5, 0.6) is 5.75 Å². The average molecular weight is 429 g/mol. The van der Waals surface area contributed by atoms with Crippen LogP contribution in [0.25, 0.3) is 0 Å². The van der Waals surface area contributed by atoms with Gasteiger partial charge in [-0.15, -0.1) is 0 Å². The van der Waals surface area contributed by atoms with E-state index < -0.39 is 17.8 Å². The Labute approximate surface area is 176 Å². The van der Waals surface area contributed by atoms with Gasteiger partial charge in [-0.25, -0.2) is 4.79 Å². The Bertz CT molecular complexity index is 1110. The van der Waals surface area contributed by atoms with Crippen molar-refractivity contribution < 1.29 is 27.5 Å². The third kappa shape index (κ3) is 5.81. The molecule has 0 aliphatic heterocycles. The number of aryl methyl sites for hydroxylation is 1. The van der Waals surface area contributed by atoms with Gasteiger partial charge >= 0.3 is 12.1 Å². The second-order valence-corrected chi connectivity index (χ2v) is 6.70. The predicted octanol–water partition coefficient (Wildman–Crippen LogP) is 5.33. The van der Waals surface area contributed by atoms with Crippen molar-refractivity contribution in [3.05, 3.63) is 77.6 Å². The van der Waals surface area contributed by atoms with Gasteiger partial charge in [-0.05, 0) is 55.5 Å². The van der Waals surface area contributed by atoms with E-state index in [2.05, 4.69) is 15.6 Å². The third-order valence-corrected chi connectivity index (χ3v) is 4.11. The standard InChI is InChI=1S/C22H18F3N3O3/c1-13-3-8-19(28-16-9-10-26-20(12-16)22(23,24)25)18(11-13)21(30)31-17-6-4-15(5-7-17)27-14(2)29/h3-12H,1-2H3,(H,26,28)(H,27,29). The van der Waals surface area contributed by atoms with Crippen LogP contribution in [0.1, 0.15) is 28.5 Å². The minimum atomic E-state index is -4.59. The maximum atomic E-state index is 12.9. The van der Waals surface area contributed by atoms with Crippen molar-refractivity contribution in [2.75, 3.05) is 10.6 Å². The Balaban J connectivity index is 1.83. The first kappa shape index (κ1) is 21.8. The minimum absolute atomic E-state index is 0.125. The fraction of sp³-hybridized carbons (Fsp3) is 0.136. The number of alkyl halides is 3. The van der Waals surface area contributed by atoms with Crippen LogP contribution in [-0.4, -0.2) is 16.9 Å². The molecule has 1 aromatic heterocycles. The fourth-order valence-electron chi connectivity index (χ4n) is 2.73. The molecule has 1 amide bonds. The number of carbonyl (C=O) groups excluding carboxylic acids is 2. The van der Waals surface area contributed by atoms with E-state index in [4.69, 9.17) is 4.74 Å². The summed E-state index contributed by atoms with van der Waals surface area (Å²) >= 11 is 0. The number of nitrogens with zero attached hydrogens (tertiary/aromatic N) is 1. The van der Waals surface area contributed by atoms with Gasteiger partial charge in [0.25, 0.3) is 0 Å². The number of aromatic nitrogens is 1. The number of hydrogen-bond donors (Lipinski definition) is 2. The molecule has 0 aliphatic rings. The fourth-order valence-corrected chi connectivity index (χ4v) is 2.73. The highest BCUT2D eigenvalue weighted by atomic mass is 19.4. The van der Waals surface area contributed by atoms with Gasteiger partial charge in [0.1, 0.15) is 11.4 Å². The summed E-state index contributed by atoms with van der Waals surface area (Å²) in [5.74, 6) is -0.677. The van der Waals surface area contributed by atoms with E-state index >= 15 is 0 Å². The Kier molecular flexibility index (Phi) is 6.24. The normalized spacial score (nSPS) is 11.0. The van der Waals surface area contributed by atoms with Crippen molar-refractivity contribution in [3.63, 3.8) is 0 Å². The number of nitrogens with one attached hydrogen (secondary N) is 2. The van der Waals surface area contributed by atoms with E-state index in [1.165, 1.54) is 25.1 Å². The summed E-state index contributed by atoms with van der Waals surface area (Å²) in [6.07, 6.45) is -3.55. The number of pyridine rings is 1. The van der Waals surface area contributed by atoms with Gasteiger partial charge in [0.05, 0.1) is 11.3 Å². The quantitative estimate of drug-likeness (QED) is 0.423. The minimum Gasteiger partial charge on any atom is -0.423 e. The number of carbonyl (C=O) groups is 2. The highest BCUT2D eigenvalue weighted by molar-refractivity contribution is 5.98. The van der Waals surface area contributed by atoms with Crippen molar-refractivity contribution in [2.45, 2.75) is 20.0 Å². The summed E-state index contributed by atoms with van der Waals surface area (Å²) in [5, 5.41) is 5.42. The molecule has 31 heavy (non-hydrogen) atoms. The van der Waals surface area contributed by atoms with Crippen LogP contribution in [0.3, 0.4) is 0 Å². The number of amides is 1. The highest BCUT2D eigenvalue weighted by Gasteiger charge is 2.32. The number of halogens is 3. The summed E-state index contributed by atoms with van der Waals surface area (Å²) in [4.78, 5) is 27.2. The van der Waals surface area contributed by atoms with Crippen LogP contribution >= 0.6 is 0 Å². The molecule has 9 heteroatoms. The van der Waals surface area contributed by atoms with Crippen LogP contribution in [0.15, 0.2) is 60.8 Å². The number of anilines is 3. The van der Waals surface area contributed by atoms with Gasteiger partial charge in [-0.1, -0.05) is 11.6 Å². The maximum Gasteiger partial charge on any atom is 0.433 e. The second-order valence-electron chi connectivity index (χ2n) is 6.70. The summed E-state index contributed by atoms with van der Waals surface area (Å²) in [7, 11) is 0. The number of ether oxygens (including phenoxy) is 1. The molecule has 3 aromatic rings. The molecule has 3 rings (SSSR count). The van der Waals surface area contributed by atoms with Gasteiger partial charge < -0.3 is 15.4 Å². The monoisotopic (exact) mass is 429 g/mol. The van der Waals surface area contributed by atoms with Crippen molar-refractivity contribution in [3.8, 4) is 5.75 Å². The van der Waals surface area contributed by atoms with Crippen LogP contribution in [0.2, 0.25) is 0 Å². The topological polar surface area (TPSA) is 80.3 Å². The van der Waals surface area contributed by atoms with E-state index in [0.29, 0.717) is 5.69 Å². The van der Waals surface area contributed by atoms with E-state index in [-0.39, 0.29) is 28.6 Å². The van der Waals surface area contributed by atoms with E-state index in [1.807, 2.05) is 0 Å². The van der Waals surface area contributed by atoms with Gasteiger partial charge in [0.15, 0.2) is 0 Å². The molecule has 6 nitrogen and oxygen atoms in total. The number of rotatable bonds is 5. The number of esters is 1. The number of hydrogen-bond acceptors (Lipinski definition) is 5. The smallest absolute Gasteiger partial charge is 0.423 e. The first-order valence-electron chi connectivity index (χ1n) is 9.12. The molecule has 0 spiro atoms. The first-order valence-corrected chi connectivity index (χ1v) is 9.12. The van der Waals surface area contributed by atoms with Crippen LogP contribution < -0.4 is 15.4 Å². The summed E-state index contributed by atoms with van der Waals surface area (Å²) in [6.45, 7) is 3.15. The molecular weight excluding hydrogens is 411 g/mol. The van der Waals surface area contributed by atoms with Crippen molar-refractivity contribution in [1.29, 1.82) is 0 Å². The van der Waals surface area contributed by atoms with Crippen molar-refractivity contribution in [2.24, 2.45) is 0 Å². The summed E-state index contributed by atoms with van der Waals surface area (Å²) in [6, 6.07) is 13.3. The van der Waals surface area contributed by atoms with Crippen LogP contribution in [0, 0.1) is 6.92 Å². The highest BCUT2D eigenvalue weighted by Crippen LogP contribution is 2.30. The Morgan fingerprint density at radius 2 is 1.68 bits per heavy atom. The van der Waals surface area contributed by atoms with Crippen molar-refractivity contribution in [1.82, 2.24) is 4.98 Å². The lowest BCUT2D eigenvalue weighted by atomic mass is 10.1. The lowest BCUT2D eigenvalue weighted by molar-refractivity contribution is -0.141. The average Bonchev–Trinajstić information content (AvgIpc) is 2.70. The molecule has 160 valence electrons. The van der Waals surface area contributed by atoms with Gasteiger partial charge in [-0.2, -0.15) is 13.2 Å². The Morgan fingerprint density at radius 3 is 2.32 bits per heavy atom. The molecule has 0 fully saturated rings. The molecule has 0 unspecified atom stereocenters. The summed E-state index contributed by atoms with van der Waals surface area (Å²) < 4.78 is 44.1. The lowest BCUT2D eigenvalue weighted by Gasteiger charge is -2.14. The zero-order valence-corrected chi connectivity index (χ0v) is 16.6. The molecule has 0 saturated carbocycles. The third-order valence-electron chi connectivity index (χ3n) is 4.11. The van der Waals surface area contributed by atoms with E-state index in [9.17, 15) is 22.8 Å².